The minimum absolute atomic E-state index is 0.177. The summed E-state index contributed by atoms with van der Waals surface area (Å²) in [5.74, 6) is 0.666. The second-order valence-electron chi connectivity index (χ2n) is 3.91. The zero-order chi connectivity index (χ0) is 10.7. The van der Waals surface area contributed by atoms with Gasteiger partial charge in [-0.15, -0.1) is 0 Å². The topological polar surface area (TPSA) is 46.1 Å². The number of likely N-dealkylation sites (tertiary alicyclic amines) is 1. The van der Waals surface area contributed by atoms with Crippen molar-refractivity contribution in [3.63, 3.8) is 0 Å². The minimum atomic E-state index is 0.177. The summed E-state index contributed by atoms with van der Waals surface area (Å²) in [5, 5.41) is 0. The number of piperidine rings is 1. The van der Waals surface area contributed by atoms with E-state index in [4.69, 9.17) is 0 Å². The fraction of sp³-hybridized carbons (Fsp3) is 0.545. The van der Waals surface area contributed by atoms with Gasteiger partial charge < -0.3 is 4.90 Å². The zero-order valence-electron chi connectivity index (χ0n) is 8.89. The summed E-state index contributed by atoms with van der Waals surface area (Å²) in [4.78, 5) is 21.2. The quantitative estimate of drug-likeness (QED) is 0.692. The molecule has 0 saturated carbocycles. The fourth-order valence-corrected chi connectivity index (χ4v) is 2.03. The third kappa shape index (κ3) is 2.32. The molecular formula is C11H15N3O. The molecule has 15 heavy (non-hydrogen) atoms. The third-order valence-electron chi connectivity index (χ3n) is 2.96. The summed E-state index contributed by atoms with van der Waals surface area (Å²) in [7, 11) is 0. The summed E-state index contributed by atoms with van der Waals surface area (Å²) in [6, 6.07) is 1.97. The van der Waals surface area contributed by atoms with Crippen molar-refractivity contribution >= 4 is 5.91 Å². The zero-order valence-corrected chi connectivity index (χ0v) is 8.89. The van der Waals surface area contributed by atoms with Crippen LogP contribution in [0.4, 0.5) is 0 Å². The molecule has 2 heterocycles. The molecule has 1 aromatic rings. The van der Waals surface area contributed by atoms with E-state index in [-0.39, 0.29) is 5.91 Å². The first-order valence-electron chi connectivity index (χ1n) is 5.29. The number of carbonyl (C=O) groups is 1. The Morgan fingerprint density at radius 3 is 2.73 bits per heavy atom. The highest BCUT2D eigenvalue weighted by atomic mass is 16.2. The van der Waals surface area contributed by atoms with Crippen molar-refractivity contribution in [2.75, 3.05) is 13.1 Å². The monoisotopic (exact) mass is 205 g/mol. The van der Waals surface area contributed by atoms with Crippen LogP contribution in [0.5, 0.6) is 0 Å². The number of carbonyl (C=O) groups excluding carboxylic acids is 1. The molecule has 1 saturated heterocycles. The second kappa shape index (κ2) is 4.38. The van der Waals surface area contributed by atoms with Gasteiger partial charge in [0.2, 0.25) is 5.91 Å². The minimum Gasteiger partial charge on any atom is -0.343 e. The lowest BCUT2D eigenvalue weighted by molar-refractivity contribution is -0.129. The molecule has 1 amide bonds. The molecule has 0 atom stereocenters. The molecule has 2 rings (SSSR count). The molecule has 0 bridgehead atoms. The van der Waals surface area contributed by atoms with Crippen molar-refractivity contribution in [2.45, 2.75) is 25.7 Å². The normalized spacial score (nSPS) is 17.8. The van der Waals surface area contributed by atoms with Gasteiger partial charge in [-0.1, -0.05) is 0 Å². The van der Waals surface area contributed by atoms with Crippen LogP contribution in [0.2, 0.25) is 0 Å². The lowest BCUT2D eigenvalue weighted by Crippen LogP contribution is -2.36. The first-order valence-corrected chi connectivity index (χ1v) is 5.29. The molecule has 0 unspecified atom stereocenters. The van der Waals surface area contributed by atoms with E-state index in [1.54, 1.807) is 19.4 Å². The van der Waals surface area contributed by atoms with E-state index in [1.807, 2.05) is 11.0 Å². The second-order valence-corrected chi connectivity index (χ2v) is 3.91. The number of aromatic nitrogens is 2. The van der Waals surface area contributed by atoms with Gasteiger partial charge in [0.1, 0.15) is 6.33 Å². The molecule has 0 aliphatic carbocycles. The van der Waals surface area contributed by atoms with E-state index in [0.717, 1.165) is 31.6 Å². The Labute approximate surface area is 89.3 Å². The van der Waals surface area contributed by atoms with E-state index in [0.29, 0.717) is 5.92 Å². The smallest absolute Gasteiger partial charge is 0.219 e. The van der Waals surface area contributed by atoms with Gasteiger partial charge in [-0.2, -0.15) is 0 Å². The molecule has 1 aromatic heterocycles. The predicted molar refractivity (Wildman–Crippen MR) is 56.3 cm³/mol. The van der Waals surface area contributed by atoms with Crippen LogP contribution < -0.4 is 0 Å². The largest absolute Gasteiger partial charge is 0.343 e. The Bertz CT molecular complexity index is 331. The Morgan fingerprint density at radius 1 is 1.47 bits per heavy atom. The lowest BCUT2D eigenvalue weighted by Gasteiger charge is -2.30. The van der Waals surface area contributed by atoms with Crippen molar-refractivity contribution in [1.29, 1.82) is 0 Å². The average molecular weight is 205 g/mol. The van der Waals surface area contributed by atoms with E-state index in [9.17, 15) is 4.79 Å². The lowest BCUT2D eigenvalue weighted by atomic mass is 9.93. The number of rotatable bonds is 1. The Hall–Kier alpha value is -1.45. The first kappa shape index (κ1) is 10.1. The maximum atomic E-state index is 11.1. The van der Waals surface area contributed by atoms with Gasteiger partial charge in [-0.05, 0) is 18.9 Å². The van der Waals surface area contributed by atoms with Gasteiger partial charge >= 0.3 is 0 Å². The molecule has 4 nitrogen and oxygen atoms in total. The van der Waals surface area contributed by atoms with E-state index in [1.165, 1.54) is 0 Å². The molecule has 0 aromatic carbocycles. The van der Waals surface area contributed by atoms with Crippen LogP contribution in [0.3, 0.4) is 0 Å². The highest BCUT2D eigenvalue weighted by Crippen LogP contribution is 2.25. The van der Waals surface area contributed by atoms with E-state index >= 15 is 0 Å². The Kier molecular flexibility index (Phi) is 2.94. The standard InChI is InChI=1S/C11H15N3O/c1-9(15)14-6-3-10(4-7-14)11-2-5-12-8-13-11/h2,5,8,10H,3-4,6-7H2,1H3. The molecule has 80 valence electrons. The maximum Gasteiger partial charge on any atom is 0.219 e. The SMILES string of the molecule is CC(=O)N1CCC(c2ccncn2)CC1. The van der Waals surface area contributed by atoms with Crippen LogP contribution in [0.25, 0.3) is 0 Å². The molecular weight excluding hydrogens is 190 g/mol. The summed E-state index contributed by atoms with van der Waals surface area (Å²) in [6.45, 7) is 3.33. The van der Waals surface area contributed by atoms with Crippen molar-refractivity contribution < 1.29 is 4.79 Å². The summed E-state index contributed by atoms with van der Waals surface area (Å²) in [5.41, 5.74) is 1.10. The Balaban J connectivity index is 1.97. The van der Waals surface area contributed by atoms with E-state index in [2.05, 4.69) is 9.97 Å². The number of nitrogens with zero attached hydrogens (tertiary/aromatic N) is 3. The summed E-state index contributed by atoms with van der Waals surface area (Å²) in [6.07, 6.45) is 5.39. The first-order chi connectivity index (χ1) is 7.27. The van der Waals surface area contributed by atoms with Gasteiger partial charge in [-0.25, -0.2) is 9.97 Å². The van der Waals surface area contributed by atoms with Crippen molar-refractivity contribution in [1.82, 2.24) is 14.9 Å². The number of hydrogen-bond acceptors (Lipinski definition) is 3. The van der Waals surface area contributed by atoms with Crippen molar-refractivity contribution in [3.05, 3.63) is 24.3 Å². The van der Waals surface area contributed by atoms with Gasteiger partial charge in [0.15, 0.2) is 0 Å². The van der Waals surface area contributed by atoms with Crippen LogP contribution >= 0.6 is 0 Å². The van der Waals surface area contributed by atoms with Crippen molar-refractivity contribution in [2.24, 2.45) is 0 Å². The van der Waals surface area contributed by atoms with Crippen molar-refractivity contribution in [3.8, 4) is 0 Å². The van der Waals surface area contributed by atoms with Crippen LogP contribution in [0.15, 0.2) is 18.6 Å². The van der Waals surface area contributed by atoms with Crippen LogP contribution in [-0.2, 0) is 4.79 Å². The molecule has 1 aliphatic rings. The van der Waals surface area contributed by atoms with Gasteiger partial charge in [0.05, 0.1) is 0 Å². The Morgan fingerprint density at radius 2 is 2.20 bits per heavy atom. The van der Waals surface area contributed by atoms with Crippen LogP contribution in [0.1, 0.15) is 31.4 Å². The molecule has 1 aliphatic heterocycles. The maximum absolute atomic E-state index is 11.1. The van der Waals surface area contributed by atoms with Crippen LogP contribution in [-0.4, -0.2) is 33.9 Å². The molecule has 4 heteroatoms. The highest BCUT2D eigenvalue weighted by molar-refractivity contribution is 5.73. The molecule has 1 fully saturated rings. The number of hydrogen-bond donors (Lipinski definition) is 0. The fourth-order valence-electron chi connectivity index (χ4n) is 2.03. The predicted octanol–water partition coefficient (Wildman–Crippen LogP) is 1.20. The van der Waals surface area contributed by atoms with Gasteiger partial charge in [0, 0.05) is 37.8 Å². The molecule has 0 N–H and O–H groups in total. The summed E-state index contributed by atoms with van der Waals surface area (Å²) >= 11 is 0. The average Bonchev–Trinajstić information content (AvgIpc) is 2.30. The van der Waals surface area contributed by atoms with Gasteiger partial charge in [-0.3, -0.25) is 4.79 Å². The van der Waals surface area contributed by atoms with E-state index < -0.39 is 0 Å². The van der Waals surface area contributed by atoms with Gasteiger partial charge in [0.25, 0.3) is 0 Å². The van der Waals surface area contributed by atoms with Crippen LogP contribution in [0, 0.1) is 0 Å². The number of amides is 1. The summed E-state index contributed by atoms with van der Waals surface area (Å²) < 4.78 is 0. The highest BCUT2D eigenvalue weighted by Gasteiger charge is 2.22. The molecule has 0 radical (unpaired) electrons. The third-order valence-corrected chi connectivity index (χ3v) is 2.96. The molecule has 0 spiro atoms.